The summed E-state index contributed by atoms with van der Waals surface area (Å²) in [6.07, 6.45) is -3.11. The topological polar surface area (TPSA) is 49.8 Å². The van der Waals surface area contributed by atoms with E-state index in [9.17, 15) is 18.4 Å². The highest BCUT2D eigenvalue weighted by molar-refractivity contribution is 5.64. The van der Waals surface area contributed by atoms with Gasteiger partial charge in [0.1, 0.15) is 6.07 Å². The minimum absolute atomic E-state index is 0.0668. The predicted octanol–water partition coefficient (Wildman–Crippen LogP) is 4.88. The molecule has 0 aromatic heterocycles. The van der Waals surface area contributed by atoms with Crippen LogP contribution in [0.4, 0.5) is 18.9 Å². The highest BCUT2D eigenvalue weighted by Gasteiger charge is 2.50. The second-order valence-electron chi connectivity index (χ2n) is 6.40. The molecule has 2 N–H and O–H groups in total. The van der Waals surface area contributed by atoms with E-state index in [1.807, 2.05) is 26.8 Å². The Labute approximate surface area is 129 Å². The molecule has 5 heteroatoms. The Morgan fingerprint density at radius 3 is 2.50 bits per heavy atom. The van der Waals surface area contributed by atoms with Gasteiger partial charge in [0, 0.05) is 5.69 Å². The fraction of sp³-hybridized carbons (Fsp3) is 0.588. The van der Waals surface area contributed by atoms with Crippen molar-refractivity contribution < 1.29 is 13.2 Å². The summed E-state index contributed by atoms with van der Waals surface area (Å²) < 4.78 is 40.2. The molecule has 0 heterocycles. The first-order chi connectivity index (χ1) is 10.2. The van der Waals surface area contributed by atoms with Gasteiger partial charge in [-0.3, -0.25) is 0 Å². The number of rotatable bonds is 2. The zero-order valence-electron chi connectivity index (χ0n) is 13.1. The van der Waals surface area contributed by atoms with Crippen LogP contribution in [0.5, 0.6) is 0 Å². The number of benzene rings is 1. The number of hydrogen-bond acceptors (Lipinski definition) is 2. The van der Waals surface area contributed by atoms with Crippen molar-refractivity contribution in [2.75, 3.05) is 5.73 Å². The largest absolute Gasteiger partial charge is 0.398 e. The molecule has 0 saturated carbocycles. The third-order valence-corrected chi connectivity index (χ3v) is 5.27. The van der Waals surface area contributed by atoms with Crippen LogP contribution in [0, 0.1) is 17.2 Å². The third-order valence-electron chi connectivity index (χ3n) is 5.27. The van der Waals surface area contributed by atoms with Crippen LogP contribution < -0.4 is 5.73 Å². The van der Waals surface area contributed by atoms with Gasteiger partial charge in [-0.2, -0.15) is 18.4 Å². The van der Waals surface area contributed by atoms with Crippen LogP contribution in [-0.4, -0.2) is 6.18 Å². The van der Waals surface area contributed by atoms with Gasteiger partial charge >= 0.3 is 6.18 Å². The van der Waals surface area contributed by atoms with Gasteiger partial charge in [0.05, 0.1) is 11.5 Å². The normalized spacial score (nSPS) is 24.9. The van der Waals surface area contributed by atoms with Crippen molar-refractivity contribution in [3.8, 4) is 6.07 Å². The van der Waals surface area contributed by atoms with Crippen LogP contribution in [0.1, 0.15) is 62.6 Å². The molecule has 0 spiro atoms. The van der Waals surface area contributed by atoms with Gasteiger partial charge in [-0.15, -0.1) is 0 Å². The van der Waals surface area contributed by atoms with E-state index >= 15 is 0 Å². The first-order valence-electron chi connectivity index (χ1n) is 7.58. The maximum Gasteiger partial charge on any atom is 0.395 e. The number of anilines is 1. The SMILES string of the molecule is CCC1(C(C)C)CCC(C(F)(F)F)c2ccc(N)c(C#N)c21. The molecule has 0 fully saturated rings. The van der Waals surface area contributed by atoms with E-state index < -0.39 is 17.5 Å². The van der Waals surface area contributed by atoms with E-state index in [0.717, 1.165) is 0 Å². The van der Waals surface area contributed by atoms with E-state index in [-0.39, 0.29) is 29.2 Å². The lowest BCUT2D eigenvalue weighted by Crippen LogP contribution is -2.40. The molecule has 120 valence electrons. The standard InChI is InChI=1S/C17H21F3N2/c1-4-16(10(2)3)8-7-13(17(18,19)20)11-5-6-14(22)12(9-21)15(11)16/h5-6,10,13H,4,7-8,22H2,1-3H3. The average Bonchev–Trinajstić information content (AvgIpc) is 2.44. The van der Waals surface area contributed by atoms with Crippen LogP contribution in [0.25, 0.3) is 0 Å². The summed E-state index contributed by atoms with van der Waals surface area (Å²) in [6.45, 7) is 5.99. The molecule has 1 aromatic carbocycles. The Morgan fingerprint density at radius 2 is 2.05 bits per heavy atom. The maximum absolute atomic E-state index is 13.4. The van der Waals surface area contributed by atoms with Crippen LogP contribution in [-0.2, 0) is 5.41 Å². The minimum atomic E-state index is -4.30. The maximum atomic E-state index is 13.4. The number of nitrogens with zero attached hydrogens (tertiary/aromatic N) is 1. The number of nitriles is 1. The second-order valence-corrected chi connectivity index (χ2v) is 6.40. The molecule has 1 aromatic rings. The van der Waals surface area contributed by atoms with E-state index in [1.165, 1.54) is 12.1 Å². The van der Waals surface area contributed by atoms with Gasteiger partial charge in [-0.1, -0.05) is 26.8 Å². The molecule has 0 bridgehead atoms. The molecular weight excluding hydrogens is 289 g/mol. The van der Waals surface area contributed by atoms with Crippen molar-refractivity contribution in [1.29, 1.82) is 5.26 Å². The van der Waals surface area contributed by atoms with Crippen molar-refractivity contribution in [1.82, 2.24) is 0 Å². The number of fused-ring (bicyclic) bond motifs is 1. The molecule has 22 heavy (non-hydrogen) atoms. The predicted molar refractivity (Wildman–Crippen MR) is 80.4 cm³/mol. The first-order valence-corrected chi connectivity index (χ1v) is 7.58. The van der Waals surface area contributed by atoms with Gasteiger partial charge in [-0.25, -0.2) is 0 Å². The lowest BCUT2D eigenvalue weighted by atomic mass is 9.59. The molecule has 0 amide bonds. The van der Waals surface area contributed by atoms with Crippen molar-refractivity contribution in [3.05, 3.63) is 28.8 Å². The molecule has 2 atom stereocenters. The van der Waals surface area contributed by atoms with Gasteiger partial charge in [0.25, 0.3) is 0 Å². The van der Waals surface area contributed by atoms with Crippen LogP contribution in [0.15, 0.2) is 12.1 Å². The zero-order chi connectivity index (χ0) is 16.7. The number of nitrogen functional groups attached to an aromatic ring is 1. The van der Waals surface area contributed by atoms with Crippen molar-refractivity contribution in [2.45, 2.75) is 57.5 Å². The average molecular weight is 310 g/mol. The molecule has 1 aliphatic rings. The van der Waals surface area contributed by atoms with E-state index in [2.05, 4.69) is 0 Å². The van der Waals surface area contributed by atoms with Gasteiger partial charge < -0.3 is 5.73 Å². The second kappa shape index (κ2) is 5.49. The molecule has 0 aliphatic heterocycles. The summed E-state index contributed by atoms with van der Waals surface area (Å²) in [4.78, 5) is 0. The monoisotopic (exact) mass is 310 g/mol. The summed E-state index contributed by atoms with van der Waals surface area (Å²) in [5.74, 6) is -1.37. The molecule has 2 rings (SSSR count). The Kier molecular flexibility index (Phi) is 4.16. The number of hydrogen-bond donors (Lipinski definition) is 1. The fourth-order valence-electron chi connectivity index (χ4n) is 3.94. The highest BCUT2D eigenvalue weighted by atomic mass is 19.4. The van der Waals surface area contributed by atoms with Gasteiger partial charge in [0.2, 0.25) is 0 Å². The number of nitrogens with two attached hydrogens (primary N) is 1. The van der Waals surface area contributed by atoms with Crippen molar-refractivity contribution in [3.63, 3.8) is 0 Å². The molecule has 2 nitrogen and oxygen atoms in total. The Bertz CT molecular complexity index is 614. The van der Waals surface area contributed by atoms with Crippen LogP contribution in [0.2, 0.25) is 0 Å². The summed E-state index contributed by atoms with van der Waals surface area (Å²) in [7, 11) is 0. The van der Waals surface area contributed by atoms with Gasteiger partial charge in [0.15, 0.2) is 0 Å². The van der Waals surface area contributed by atoms with Crippen LogP contribution in [0.3, 0.4) is 0 Å². The highest BCUT2D eigenvalue weighted by Crippen LogP contribution is 2.54. The zero-order valence-corrected chi connectivity index (χ0v) is 13.1. The van der Waals surface area contributed by atoms with Gasteiger partial charge in [-0.05, 0) is 47.8 Å². The summed E-state index contributed by atoms with van der Waals surface area (Å²) in [6, 6.07) is 4.95. The molecular formula is C17H21F3N2. The van der Waals surface area contributed by atoms with E-state index in [4.69, 9.17) is 5.73 Å². The lowest BCUT2D eigenvalue weighted by molar-refractivity contribution is -0.155. The molecule has 0 saturated heterocycles. The van der Waals surface area contributed by atoms with E-state index in [1.54, 1.807) is 0 Å². The summed E-state index contributed by atoms with van der Waals surface area (Å²) in [5, 5.41) is 9.46. The smallest absolute Gasteiger partial charge is 0.395 e. The molecule has 1 aliphatic carbocycles. The Morgan fingerprint density at radius 1 is 1.41 bits per heavy atom. The quantitative estimate of drug-likeness (QED) is 0.791. The Hall–Kier alpha value is -1.70. The summed E-state index contributed by atoms with van der Waals surface area (Å²) in [5.41, 5.74) is 6.72. The Balaban J connectivity index is 2.82. The summed E-state index contributed by atoms with van der Waals surface area (Å²) >= 11 is 0. The van der Waals surface area contributed by atoms with Crippen molar-refractivity contribution >= 4 is 5.69 Å². The van der Waals surface area contributed by atoms with Crippen molar-refractivity contribution in [2.24, 2.45) is 5.92 Å². The first kappa shape index (κ1) is 16.7. The number of halogens is 3. The molecule has 2 unspecified atom stereocenters. The van der Waals surface area contributed by atoms with E-state index in [0.29, 0.717) is 18.4 Å². The number of alkyl halides is 3. The third kappa shape index (κ3) is 2.35. The van der Waals surface area contributed by atoms with Crippen LogP contribution >= 0.6 is 0 Å². The minimum Gasteiger partial charge on any atom is -0.398 e. The fourth-order valence-corrected chi connectivity index (χ4v) is 3.94. The lowest BCUT2D eigenvalue weighted by Gasteiger charge is -2.45. The molecule has 0 radical (unpaired) electrons.